The molecule has 186 valence electrons. The van der Waals surface area contributed by atoms with E-state index < -0.39 is 28.0 Å². The first-order valence-electron chi connectivity index (χ1n) is 10.8. The van der Waals surface area contributed by atoms with Crippen LogP contribution in [0.25, 0.3) is 16.9 Å². The first kappa shape index (κ1) is 25.8. The number of hydrogen-bond acceptors (Lipinski definition) is 6. The Bertz CT molecular complexity index is 1570. The van der Waals surface area contributed by atoms with Crippen LogP contribution in [0, 0.1) is 0 Å². The van der Waals surface area contributed by atoms with Gasteiger partial charge < -0.3 is 5.11 Å². The van der Waals surface area contributed by atoms with Crippen molar-refractivity contribution >= 4 is 40.5 Å². The molecule has 4 aromatic rings. The molecule has 11 heteroatoms. The highest BCUT2D eigenvalue weighted by molar-refractivity contribution is 7.12. The van der Waals surface area contributed by atoms with Crippen LogP contribution in [0.3, 0.4) is 0 Å². The standard InChI is InChI=1S/C25H22Cl2N4O4S/c1-24(2,18-15(26)10-14(11-16(18)27)31-23(35)29-17(32)12-28-31)21-30-19(13-8-6-5-7-9-13)20(36-21)25(3,4)22(33)34/h5-12H,1-4H3,(H,33,34)(H,29,32,35). The summed E-state index contributed by atoms with van der Waals surface area (Å²) in [5, 5.41) is 14.9. The van der Waals surface area contributed by atoms with Crippen molar-refractivity contribution in [2.24, 2.45) is 0 Å². The fourth-order valence-electron chi connectivity index (χ4n) is 3.82. The predicted octanol–water partition coefficient (Wildman–Crippen LogP) is 5.04. The summed E-state index contributed by atoms with van der Waals surface area (Å²) in [6.45, 7) is 7.09. The van der Waals surface area contributed by atoms with Crippen molar-refractivity contribution < 1.29 is 9.90 Å². The minimum Gasteiger partial charge on any atom is -0.481 e. The van der Waals surface area contributed by atoms with E-state index in [-0.39, 0.29) is 15.7 Å². The SMILES string of the molecule is CC(C)(C(=O)O)c1sc(C(C)(C)c2c(Cl)cc(-n3ncc(=O)[nH]c3=O)cc2Cl)nc1-c1ccccc1. The van der Waals surface area contributed by atoms with Gasteiger partial charge in [0.05, 0.1) is 16.8 Å². The molecule has 0 aliphatic heterocycles. The van der Waals surface area contributed by atoms with Crippen molar-refractivity contribution in [3.05, 3.63) is 95.0 Å². The number of halogens is 2. The largest absolute Gasteiger partial charge is 0.481 e. The lowest BCUT2D eigenvalue weighted by Crippen LogP contribution is -2.30. The molecule has 0 aliphatic rings. The van der Waals surface area contributed by atoms with Gasteiger partial charge >= 0.3 is 11.7 Å². The van der Waals surface area contributed by atoms with E-state index in [0.29, 0.717) is 21.1 Å². The summed E-state index contributed by atoms with van der Waals surface area (Å²) >= 11 is 14.7. The zero-order valence-electron chi connectivity index (χ0n) is 19.8. The van der Waals surface area contributed by atoms with E-state index in [1.807, 2.05) is 44.2 Å². The van der Waals surface area contributed by atoms with Crippen LogP contribution >= 0.6 is 34.5 Å². The highest BCUT2D eigenvalue weighted by Gasteiger charge is 2.39. The average molecular weight is 545 g/mol. The third kappa shape index (κ3) is 4.50. The van der Waals surface area contributed by atoms with Gasteiger partial charge in [0.15, 0.2) is 0 Å². The van der Waals surface area contributed by atoms with Crippen LogP contribution < -0.4 is 11.2 Å². The van der Waals surface area contributed by atoms with Crippen LogP contribution in [0.4, 0.5) is 0 Å². The number of aliphatic carboxylic acids is 1. The molecule has 0 spiro atoms. The van der Waals surface area contributed by atoms with Crippen LogP contribution in [0.2, 0.25) is 10.0 Å². The van der Waals surface area contributed by atoms with Gasteiger partial charge in [-0.2, -0.15) is 9.78 Å². The lowest BCUT2D eigenvalue weighted by Gasteiger charge is -2.26. The number of carboxylic acids is 1. The molecule has 0 amide bonds. The number of carbonyl (C=O) groups is 1. The molecule has 2 heterocycles. The molecule has 0 unspecified atom stereocenters. The number of benzene rings is 2. The summed E-state index contributed by atoms with van der Waals surface area (Å²) < 4.78 is 0.986. The fourth-order valence-corrected chi connectivity index (χ4v) is 6.06. The molecule has 36 heavy (non-hydrogen) atoms. The molecule has 0 atom stereocenters. The summed E-state index contributed by atoms with van der Waals surface area (Å²) in [6.07, 6.45) is 0.980. The van der Waals surface area contributed by atoms with Crippen LogP contribution in [0.15, 0.2) is 58.3 Å². The lowest BCUT2D eigenvalue weighted by molar-refractivity contribution is -0.142. The zero-order chi connectivity index (χ0) is 26.4. The molecular weight excluding hydrogens is 523 g/mol. The Morgan fingerprint density at radius 1 is 1.06 bits per heavy atom. The molecule has 0 bridgehead atoms. The molecule has 2 N–H and O–H groups in total. The second-order valence-electron chi connectivity index (χ2n) is 9.25. The average Bonchev–Trinajstić information content (AvgIpc) is 3.26. The van der Waals surface area contributed by atoms with Gasteiger partial charge in [-0.15, -0.1) is 11.3 Å². The highest BCUT2D eigenvalue weighted by atomic mass is 35.5. The number of rotatable bonds is 6. The van der Waals surface area contributed by atoms with Gasteiger partial charge in [0.1, 0.15) is 11.2 Å². The Balaban J connectivity index is 1.89. The monoisotopic (exact) mass is 544 g/mol. The Kier molecular flexibility index (Phi) is 6.68. The first-order chi connectivity index (χ1) is 16.8. The predicted molar refractivity (Wildman–Crippen MR) is 141 cm³/mol. The Morgan fingerprint density at radius 3 is 2.22 bits per heavy atom. The van der Waals surface area contributed by atoms with Crippen LogP contribution in [0.5, 0.6) is 0 Å². The third-order valence-corrected chi connectivity index (χ3v) is 8.22. The zero-order valence-corrected chi connectivity index (χ0v) is 22.1. The maximum Gasteiger partial charge on any atom is 0.349 e. The maximum atomic E-state index is 12.2. The summed E-state index contributed by atoms with van der Waals surface area (Å²) in [5.41, 5.74) is -1.13. The summed E-state index contributed by atoms with van der Waals surface area (Å²) in [4.78, 5) is 43.3. The van der Waals surface area contributed by atoms with E-state index >= 15 is 0 Å². The van der Waals surface area contributed by atoms with Gasteiger partial charge in [-0.1, -0.05) is 53.5 Å². The molecule has 2 aromatic carbocycles. The number of carboxylic acid groups (broad SMARTS) is 1. The second-order valence-corrected chi connectivity index (χ2v) is 11.1. The highest BCUT2D eigenvalue weighted by Crippen LogP contribution is 2.46. The minimum atomic E-state index is -1.19. The van der Waals surface area contributed by atoms with Crippen molar-refractivity contribution in [3.8, 4) is 16.9 Å². The maximum absolute atomic E-state index is 12.2. The van der Waals surface area contributed by atoms with Crippen molar-refractivity contribution in [1.82, 2.24) is 19.7 Å². The normalized spacial score (nSPS) is 12.1. The van der Waals surface area contributed by atoms with E-state index in [0.717, 1.165) is 16.4 Å². The summed E-state index contributed by atoms with van der Waals surface area (Å²) in [7, 11) is 0. The number of H-pyrrole nitrogens is 1. The molecule has 4 rings (SSSR count). The van der Waals surface area contributed by atoms with E-state index in [1.165, 1.54) is 23.5 Å². The van der Waals surface area contributed by atoms with E-state index in [9.17, 15) is 19.5 Å². The number of nitrogens with zero attached hydrogens (tertiary/aromatic N) is 3. The van der Waals surface area contributed by atoms with E-state index in [1.54, 1.807) is 13.8 Å². The molecular formula is C25H22Cl2N4O4S. The van der Waals surface area contributed by atoms with Crippen LogP contribution in [-0.4, -0.2) is 30.8 Å². The van der Waals surface area contributed by atoms with Crippen LogP contribution in [0.1, 0.15) is 43.1 Å². The first-order valence-corrected chi connectivity index (χ1v) is 12.4. The number of aromatic amines is 1. The van der Waals surface area contributed by atoms with Gasteiger partial charge in [0, 0.05) is 31.5 Å². The quantitative estimate of drug-likeness (QED) is 0.351. The van der Waals surface area contributed by atoms with Gasteiger partial charge in [0.2, 0.25) is 0 Å². The molecule has 0 saturated carbocycles. The molecule has 0 saturated heterocycles. The number of aromatic nitrogens is 4. The molecule has 2 aromatic heterocycles. The molecule has 0 fully saturated rings. The van der Waals surface area contributed by atoms with Gasteiger partial charge in [-0.3, -0.25) is 14.6 Å². The second kappa shape index (κ2) is 9.31. The molecule has 0 radical (unpaired) electrons. The Hall–Kier alpha value is -3.27. The number of thiazole rings is 1. The van der Waals surface area contributed by atoms with Crippen LogP contribution in [-0.2, 0) is 15.6 Å². The van der Waals surface area contributed by atoms with Gasteiger partial charge in [0.25, 0.3) is 5.56 Å². The summed E-state index contributed by atoms with van der Waals surface area (Å²) in [6, 6.07) is 12.5. The van der Waals surface area contributed by atoms with Crippen molar-refractivity contribution in [2.75, 3.05) is 0 Å². The molecule has 0 aliphatic carbocycles. The Morgan fingerprint density at radius 2 is 1.67 bits per heavy atom. The van der Waals surface area contributed by atoms with Gasteiger partial charge in [-0.05, 0) is 39.8 Å². The smallest absolute Gasteiger partial charge is 0.349 e. The lowest BCUT2D eigenvalue weighted by atomic mass is 9.84. The minimum absolute atomic E-state index is 0.262. The van der Waals surface area contributed by atoms with Crippen molar-refractivity contribution in [2.45, 2.75) is 38.5 Å². The summed E-state index contributed by atoms with van der Waals surface area (Å²) in [5.74, 6) is -0.966. The topological polar surface area (TPSA) is 118 Å². The number of hydrogen-bond donors (Lipinski definition) is 2. The van der Waals surface area contributed by atoms with E-state index in [2.05, 4.69) is 10.1 Å². The van der Waals surface area contributed by atoms with Crippen molar-refractivity contribution in [1.29, 1.82) is 0 Å². The molecule has 8 nitrogen and oxygen atoms in total. The number of nitrogens with one attached hydrogen (secondary N) is 1. The Labute approximate surface area is 220 Å². The van der Waals surface area contributed by atoms with Gasteiger partial charge in [-0.25, -0.2) is 9.78 Å². The van der Waals surface area contributed by atoms with Crippen molar-refractivity contribution in [3.63, 3.8) is 0 Å². The third-order valence-electron chi connectivity index (χ3n) is 5.92. The van der Waals surface area contributed by atoms with E-state index in [4.69, 9.17) is 28.2 Å². The fraction of sp³-hybridized carbons (Fsp3) is 0.240.